The van der Waals surface area contributed by atoms with Gasteiger partial charge in [0, 0.05) is 68.7 Å². The van der Waals surface area contributed by atoms with Crippen LogP contribution in [0.4, 0.5) is 0 Å². The van der Waals surface area contributed by atoms with Gasteiger partial charge in [-0.2, -0.15) is 5.10 Å². The molecule has 0 N–H and O–H groups in total. The van der Waals surface area contributed by atoms with Gasteiger partial charge in [0.15, 0.2) is 0 Å². The summed E-state index contributed by atoms with van der Waals surface area (Å²) in [6.45, 7) is 4.81. The Bertz CT molecular complexity index is 1120. The third-order valence-electron chi connectivity index (χ3n) is 6.57. The number of para-hydroxylation sites is 1. The molecule has 2 saturated heterocycles. The lowest BCUT2D eigenvalue weighted by Gasteiger charge is -2.32. The standard InChI is InChI=1S/C24H28N6O2/c1-27-11-13-28(14-12-27)24(32)20-15-22(26-21-6-3-2-5-19(20)21)18-7-10-29(16-18)23(31)17-30-9-4-8-25-30/h2-6,8-9,15,18H,7,10-14,16-17H2,1H3. The molecule has 0 radical (unpaired) electrons. The minimum Gasteiger partial charge on any atom is -0.340 e. The van der Waals surface area contributed by atoms with Crippen molar-refractivity contribution in [1.29, 1.82) is 0 Å². The van der Waals surface area contributed by atoms with Gasteiger partial charge < -0.3 is 14.7 Å². The van der Waals surface area contributed by atoms with Crippen molar-refractivity contribution in [3.63, 3.8) is 0 Å². The number of fused-ring (bicyclic) bond motifs is 1. The number of amides is 2. The van der Waals surface area contributed by atoms with Gasteiger partial charge in [0.05, 0.1) is 11.1 Å². The molecule has 3 aromatic rings. The van der Waals surface area contributed by atoms with Crippen molar-refractivity contribution >= 4 is 22.7 Å². The Morgan fingerprint density at radius 2 is 1.84 bits per heavy atom. The molecule has 2 aliphatic rings. The molecule has 4 heterocycles. The number of carbonyl (C=O) groups excluding carboxylic acids is 2. The van der Waals surface area contributed by atoms with Gasteiger partial charge in [-0.15, -0.1) is 0 Å². The van der Waals surface area contributed by atoms with Crippen LogP contribution in [0.5, 0.6) is 0 Å². The van der Waals surface area contributed by atoms with Crippen LogP contribution < -0.4 is 0 Å². The first-order chi connectivity index (χ1) is 15.6. The van der Waals surface area contributed by atoms with Crippen molar-refractivity contribution in [2.24, 2.45) is 0 Å². The SMILES string of the molecule is CN1CCN(C(=O)c2cc(C3CCN(C(=O)Cn4cccn4)C3)nc3ccccc23)CC1. The predicted octanol–water partition coefficient (Wildman–Crippen LogP) is 1.83. The highest BCUT2D eigenvalue weighted by Gasteiger charge is 2.30. The van der Waals surface area contributed by atoms with Crippen LogP contribution in [0.3, 0.4) is 0 Å². The Hall–Kier alpha value is -3.26. The van der Waals surface area contributed by atoms with E-state index in [4.69, 9.17) is 4.98 Å². The third-order valence-corrected chi connectivity index (χ3v) is 6.57. The van der Waals surface area contributed by atoms with Gasteiger partial charge >= 0.3 is 0 Å². The van der Waals surface area contributed by atoms with E-state index >= 15 is 0 Å². The lowest BCUT2D eigenvalue weighted by Crippen LogP contribution is -2.47. The van der Waals surface area contributed by atoms with Crippen molar-refractivity contribution in [1.82, 2.24) is 29.5 Å². The number of likely N-dealkylation sites (N-methyl/N-ethyl adjacent to an activating group) is 1. The van der Waals surface area contributed by atoms with Crippen LogP contribution in [0.15, 0.2) is 48.8 Å². The first-order valence-electron chi connectivity index (χ1n) is 11.2. The van der Waals surface area contributed by atoms with Crippen molar-refractivity contribution in [3.05, 3.63) is 60.0 Å². The topological polar surface area (TPSA) is 74.6 Å². The Morgan fingerprint density at radius 3 is 2.62 bits per heavy atom. The van der Waals surface area contributed by atoms with Gasteiger partial charge in [-0.25, -0.2) is 0 Å². The average molecular weight is 433 g/mol. The summed E-state index contributed by atoms with van der Waals surface area (Å²) >= 11 is 0. The number of benzene rings is 1. The van der Waals surface area contributed by atoms with E-state index in [-0.39, 0.29) is 24.3 Å². The summed E-state index contributed by atoms with van der Waals surface area (Å²) in [7, 11) is 2.08. The highest BCUT2D eigenvalue weighted by Crippen LogP contribution is 2.30. The van der Waals surface area contributed by atoms with Crippen LogP contribution in [0, 0.1) is 0 Å². The quantitative estimate of drug-likeness (QED) is 0.629. The van der Waals surface area contributed by atoms with E-state index in [1.54, 1.807) is 17.1 Å². The maximum absolute atomic E-state index is 13.4. The fraction of sp³-hybridized carbons (Fsp3) is 0.417. The van der Waals surface area contributed by atoms with Crippen LogP contribution in [-0.4, -0.2) is 87.6 Å². The molecule has 5 rings (SSSR count). The summed E-state index contributed by atoms with van der Waals surface area (Å²) in [5, 5.41) is 5.02. The fourth-order valence-electron chi connectivity index (χ4n) is 4.62. The van der Waals surface area contributed by atoms with Gasteiger partial charge in [0.2, 0.25) is 5.91 Å². The summed E-state index contributed by atoms with van der Waals surface area (Å²) in [6.07, 6.45) is 4.32. The normalized spacial score (nSPS) is 19.6. The highest BCUT2D eigenvalue weighted by molar-refractivity contribution is 6.06. The molecular formula is C24H28N6O2. The number of likely N-dealkylation sites (tertiary alicyclic amines) is 1. The largest absolute Gasteiger partial charge is 0.340 e. The molecule has 0 saturated carbocycles. The maximum Gasteiger partial charge on any atom is 0.254 e. The summed E-state index contributed by atoms with van der Waals surface area (Å²) in [4.78, 5) is 37.1. The smallest absolute Gasteiger partial charge is 0.254 e. The molecule has 1 atom stereocenters. The van der Waals surface area contributed by atoms with Gasteiger partial charge in [-0.1, -0.05) is 18.2 Å². The number of aromatic nitrogens is 3. The van der Waals surface area contributed by atoms with Crippen molar-refractivity contribution in [2.45, 2.75) is 18.9 Å². The van der Waals surface area contributed by atoms with E-state index in [9.17, 15) is 9.59 Å². The first kappa shape index (κ1) is 20.6. The van der Waals surface area contributed by atoms with E-state index in [0.717, 1.165) is 54.8 Å². The van der Waals surface area contributed by atoms with Crippen molar-refractivity contribution < 1.29 is 9.59 Å². The molecule has 2 amide bonds. The Morgan fingerprint density at radius 1 is 1.03 bits per heavy atom. The number of nitrogens with zero attached hydrogens (tertiary/aromatic N) is 6. The molecule has 0 spiro atoms. The number of carbonyl (C=O) groups is 2. The minimum absolute atomic E-state index is 0.0609. The highest BCUT2D eigenvalue weighted by atomic mass is 16.2. The molecular weight excluding hydrogens is 404 g/mol. The molecule has 32 heavy (non-hydrogen) atoms. The minimum atomic E-state index is 0.0609. The number of hydrogen-bond acceptors (Lipinski definition) is 5. The van der Waals surface area contributed by atoms with Crippen LogP contribution in [-0.2, 0) is 11.3 Å². The number of rotatable bonds is 4. The van der Waals surface area contributed by atoms with E-state index in [1.807, 2.05) is 46.2 Å². The molecule has 0 aliphatic carbocycles. The Kier molecular flexibility index (Phi) is 5.61. The summed E-state index contributed by atoms with van der Waals surface area (Å²) < 4.78 is 1.65. The Balaban J connectivity index is 1.39. The zero-order chi connectivity index (χ0) is 22.1. The van der Waals surface area contributed by atoms with Crippen molar-refractivity contribution in [3.8, 4) is 0 Å². The van der Waals surface area contributed by atoms with Crippen LogP contribution >= 0.6 is 0 Å². The van der Waals surface area contributed by atoms with Crippen LogP contribution in [0.1, 0.15) is 28.4 Å². The summed E-state index contributed by atoms with van der Waals surface area (Å²) in [5.74, 6) is 0.258. The number of pyridine rings is 1. The lowest BCUT2D eigenvalue weighted by molar-refractivity contribution is -0.131. The van der Waals surface area contributed by atoms with E-state index in [1.165, 1.54) is 0 Å². The molecule has 2 aromatic heterocycles. The lowest BCUT2D eigenvalue weighted by atomic mass is 9.98. The molecule has 1 unspecified atom stereocenters. The molecule has 8 heteroatoms. The summed E-state index contributed by atoms with van der Waals surface area (Å²) in [6, 6.07) is 11.6. The third kappa shape index (κ3) is 4.10. The van der Waals surface area contributed by atoms with Crippen LogP contribution in [0.2, 0.25) is 0 Å². The predicted molar refractivity (Wildman–Crippen MR) is 121 cm³/mol. The fourth-order valence-corrected chi connectivity index (χ4v) is 4.62. The Labute approximate surface area is 187 Å². The molecule has 166 valence electrons. The molecule has 0 bridgehead atoms. The average Bonchev–Trinajstić information content (AvgIpc) is 3.51. The van der Waals surface area contributed by atoms with Gasteiger partial charge in [0.25, 0.3) is 5.91 Å². The molecule has 2 fully saturated rings. The number of piperazine rings is 1. The summed E-state index contributed by atoms with van der Waals surface area (Å²) in [5.41, 5.74) is 2.45. The second-order valence-corrected chi connectivity index (χ2v) is 8.74. The molecule has 2 aliphatic heterocycles. The van der Waals surface area contributed by atoms with Gasteiger partial charge in [-0.05, 0) is 31.7 Å². The van der Waals surface area contributed by atoms with Gasteiger partial charge in [0.1, 0.15) is 6.54 Å². The van der Waals surface area contributed by atoms with Crippen molar-refractivity contribution in [2.75, 3.05) is 46.3 Å². The van der Waals surface area contributed by atoms with E-state index < -0.39 is 0 Å². The zero-order valence-corrected chi connectivity index (χ0v) is 18.4. The molecule has 1 aromatic carbocycles. The van der Waals surface area contributed by atoms with E-state index in [2.05, 4.69) is 17.0 Å². The van der Waals surface area contributed by atoms with E-state index in [0.29, 0.717) is 13.1 Å². The first-order valence-corrected chi connectivity index (χ1v) is 11.2. The second kappa shape index (κ2) is 8.70. The number of hydrogen-bond donors (Lipinski definition) is 0. The van der Waals surface area contributed by atoms with Gasteiger partial charge in [-0.3, -0.25) is 19.3 Å². The van der Waals surface area contributed by atoms with Crippen LogP contribution in [0.25, 0.3) is 10.9 Å². The maximum atomic E-state index is 13.4. The second-order valence-electron chi connectivity index (χ2n) is 8.74. The monoisotopic (exact) mass is 432 g/mol. The molecule has 8 nitrogen and oxygen atoms in total. The zero-order valence-electron chi connectivity index (χ0n) is 18.4.